The number of benzene rings is 1. The molecule has 0 heterocycles. The van der Waals surface area contributed by atoms with Crippen molar-refractivity contribution in [3.63, 3.8) is 0 Å². The predicted molar refractivity (Wildman–Crippen MR) is 82.7 cm³/mol. The molecule has 0 amide bonds. The average Bonchev–Trinajstić information content (AvgIpc) is 2.39. The Bertz CT molecular complexity index is 378. The Kier molecular flexibility index (Phi) is 7.38. The molecule has 1 aromatic rings. The number of nitrogens with zero attached hydrogens (tertiary/aromatic N) is 1. The number of rotatable bonds is 8. The lowest BCUT2D eigenvalue weighted by atomic mass is 10.1. The van der Waals surface area contributed by atoms with E-state index in [2.05, 4.69) is 39.0 Å². The summed E-state index contributed by atoms with van der Waals surface area (Å²) in [4.78, 5) is 2.24. The van der Waals surface area contributed by atoms with Gasteiger partial charge in [-0.15, -0.1) is 0 Å². The van der Waals surface area contributed by atoms with Gasteiger partial charge in [-0.05, 0) is 40.5 Å². The lowest BCUT2D eigenvalue weighted by molar-refractivity contribution is 0.190. The standard InChI is InChI=1S/C14H23BrN2O2/c1-11(16)12-4-5-14(13(15)10-12)17(6-8-18-2)7-9-19-3/h4-5,10-11H,6-9,16H2,1-3H3. The van der Waals surface area contributed by atoms with Gasteiger partial charge in [-0.1, -0.05) is 6.07 Å². The van der Waals surface area contributed by atoms with Gasteiger partial charge in [-0.2, -0.15) is 0 Å². The van der Waals surface area contributed by atoms with Crippen molar-refractivity contribution in [3.8, 4) is 0 Å². The van der Waals surface area contributed by atoms with Crippen molar-refractivity contribution in [2.45, 2.75) is 13.0 Å². The molecule has 0 spiro atoms. The van der Waals surface area contributed by atoms with Gasteiger partial charge >= 0.3 is 0 Å². The van der Waals surface area contributed by atoms with Crippen LogP contribution in [0.5, 0.6) is 0 Å². The zero-order valence-electron chi connectivity index (χ0n) is 11.9. The van der Waals surface area contributed by atoms with Crippen LogP contribution >= 0.6 is 15.9 Å². The molecule has 0 aliphatic rings. The summed E-state index contributed by atoms with van der Waals surface area (Å²) in [6, 6.07) is 6.27. The van der Waals surface area contributed by atoms with E-state index in [0.717, 1.165) is 28.8 Å². The predicted octanol–water partition coefficient (Wildman–Crippen LogP) is 2.57. The molecular weight excluding hydrogens is 308 g/mol. The van der Waals surface area contributed by atoms with Crippen LogP contribution in [0.15, 0.2) is 22.7 Å². The van der Waals surface area contributed by atoms with Crippen LogP contribution < -0.4 is 10.6 Å². The van der Waals surface area contributed by atoms with Gasteiger partial charge in [0.25, 0.3) is 0 Å². The molecular formula is C14H23BrN2O2. The molecule has 1 unspecified atom stereocenters. The topological polar surface area (TPSA) is 47.7 Å². The molecule has 5 heteroatoms. The highest BCUT2D eigenvalue weighted by Gasteiger charge is 2.11. The van der Waals surface area contributed by atoms with Gasteiger partial charge in [0.05, 0.1) is 18.9 Å². The minimum atomic E-state index is 0.0387. The van der Waals surface area contributed by atoms with Gasteiger partial charge in [0.2, 0.25) is 0 Å². The molecule has 0 bridgehead atoms. The van der Waals surface area contributed by atoms with Gasteiger partial charge in [0, 0.05) is 37.8 Å². The summed E-state index contributed by atoms with van der Waals surface area (Å²) >= 11 is 3.62. The Morgan fingerprint density at radius 3 is 2.21 bits per heavy atom. The maximum atomic E-state index is 5.89. The molecule has 0 radical (unpaired) electrons. The zero-order chi connectivity index (χ0) is 14.3. The Morgan fingerprint density at radius 2 is 1.79 bits per heavy atom. The summed E-state index contributed by atoms with van der Waals surface area (Å²) < 4.78 is 11.4. The summed E-state index contributed by atoms with van der Waals surface area (Å²) in [5.41, 5.74) is 8.15. The summed E-state index contributed by atoms with van der Waals surface area (Å²) in [7, 11) is 3.42. The van der Waals surface area contributed by atoms with Crippen LogP contribution in [0.2, 0.25) is 0 Å². The molecule has 1 atom stereocenters. The SMILES string of the molecule is COCCN(CCOC)c1ccc(C(C)N)cc1Br. The molecule has 19 heavy (non-hydrogen) atoms. The van der Waals surface area contributed by atoms with Gasteiger partial charge in [0.15, 0.2) is 0 Å². The van der Waals surface area contributed by atoms with Crippen molar-refractivity contribution < 1.29 is 9.47 Å². The van der Waals surface area contributed by atoms with Gasteiger partial charge in [-0.3, -0.25) is 0 Å². The molecule has 4 nitrogen and oxygen atoms in total. The average molecular weight is 331 g/mol. The van der Waals surface area contributed by atoms with E-state index in [1.54, 1.807) is 14.2 Å². The minimum Gasteiger partial charge on any atom is -0.383 e. The lowest BCUT2D eigenvalue weighted by Gasteiger charge is -2.26. The third-order valence-corrected chi connectivity index (χ3v) is 3.60. The van der Waals surface area contributed by atoms with E-state index in [4.69, 9.17) is 15.2 Å². The first-order chi connectivity index (χ1) is 9.10. The molecule has 0 aliphatic heterocycles. The first-order valence-corrected chi connectivity index (χ1v) is 7.17. The zero-order valence-corrected chi connectivity index (χ0v) is 13.4. The second-order valence-electron chi connectivity index (χ2n) is 4.47. The van der Waals surface area contributed by atoms with E-state index in [1.165, 1.54) is 0 Å². The van der Waals surface area contributed by atoms with E-state index in [-0.39, 0.29) is 6.04 Å². The highest BCUT2D eigenvalue weighted by molar-refractivity contribution is 9.10. The summed E-state index contributed by atoms with van der Waals surface area (Å²) in [6.07, 6.45) is 0. The van der Waals surface area contributed by atoms with E-state index in [1.807, 2.05) is 6.92 Å². The monoisotopic (exact) mass is 330 g/mol. The van der Waals surface area contributed by atoms with Crippen molar-refractivity contribution in [1.29, 1.82) is 0 Å². The van der Waals surface area contributed by atoms with E-state index in [0.29, 0.717) is 13.2 Å². The molecule has 0 aliphatic carbocycles. The summed E-state index contributed by atoms with van der Waals surface area (Å²) in [5.74, 6) is 0. The van der Waals surface area contributed by atoms with Crippen molar-refractivity contribution in [3.05, 3.63) is 28.2 Å². The summed E-state index contributed by atoms with van der Waals surface area (Å²) in [6.45, 7) is 5.01. The molecule has 0 saturated heterocycles. The first-order valence-electron chi connectivity index (χ1n) is 6.38. The second-order valence-corrected chi connectivity index (χ2v) is 5.33. The molecule has 0 aromatic heterocycles. The highest BCUT2D eigenvalue weighted by Crippen LogP contribution is 2.28. The number of anilines is 1. The highest BCUT2D eigenvalue weighted by atomic mass is 79.9. The maximum absolute atomic E-state index is 5.89. The fourth-order valence-electron chi connectivity index (χ4n) is 1.82. The fourth-order valence-corrected chi connectivity index (χ4v) is 2.47. The quantitative estimate of drug-likeness (QED) is 0.795. The molecule has 1 rings (SSSR count). The Balaban J connectivity index is 2.87. The smallest absolute Gasteiger partial charge is 0.0637 e. The fraction of sp³-hybridized carbons (Fsp3) is 0.571. The van der Waals surface area contributed by atoms with Crippen molar-refractivity contribution in [2.24, 2.45) is 5.73 Å². The lowest BCUT2D eigenvalue weighted by Crippen LogP contribution is -2.31. The van der Waals surface area contributed by atoms with Gasteiger partial charge in [-0.25, -0.2) is 0 Å². The third-order valence-electron chi connectivity index (χ3n) is 2.97. The molecule has 0 fully saturated rings. The number of halogens is 1. The molecule has 1 aromatic carbocycles. The largest absolute Gasteiger partial charge is 0.383 e. The van der Waals surface area contributed by atoms with E-state index >= 15 is 0 Å². The second kappa shape index (κ2) is 8.53. The Labute approximate surface area is 124 Å². The summed E-state index contributed by atoms with van der Waals surface area (Å²) in [5, 5.41) is 0. The van der Waals surface area contributed by atoms with E-state index in [9.17, 15) is 0 Å². The Morgan fingerprint density at radius 1 is 1.21 bits per heavy atom. The normalized spacial score (nSPS) is 12.5. The van der Waals surface area contributed by atoms with E-state index < -0.39 is 0 Å². The van der Waals surface area contributed by atoms with Crippen LogP contribution in [-0.2, 0) is 9.47 Å². The maximum Gasteiger partial charge on any atom is 0.0637 e. The van der Waals surface area contributed by atoms with Crippen molar-refractivity contribution in [1.82, 2.24) is 0 Å². The van der Waals surface area contributed by atoms with Crippen LogP contribution in [-0.4, -0.2) is 40.5 Å². The van der Waals surface area contributed by atoms with Gasteiger partial charge in [0.1, 0.15) is 0 Å². The van der Waals surface area contributed by atoms with Crippen LogP contribution in [0.4, 0.5) is 5.69 Å². The molecule has 108 valence electrons. The Hall–Kier alpha value is -0.620. The third kappa shape index (κ3) is 5.10. The number of hydrogen-bond donors (Lipinski definition) is 1. The van der Waals surface area contributed by atoms with Crippen LogP contribution in [0, 0.1) is 0 Å². The molecule has 0 saturated carbocycles. The molecule has 2 N–H and O–H groups in total. The number of nitrogens with two attached hydrogens (primary N) is 1. The van der Waals surface area contributed by atoms with Crippen LogP contribution in [0.3, 0.4) is 0 Å². The van der Waals surface area contributed by atoms with Crippen molar-refractivity contribution in [2.75, 3.05) is 45.4 Å². The van der Waals surface area contributed by atoms with Crippen LogP contribution in [0.25, 0.3) is 0 Å². The number of methoxy groups -OCH3 is 2. The van der Waals surface area contributed by atoms with Crippen LogP contribution in [0.1, 0.15) is 18.5 Å². The van der Waals surface area contributed by atoms with Crippen molar-refractivity contribution >= 4 is 21.6 Å². The number of ether oxygens (including phenoxy) is 2. The minimum absolute atomic E-state index is 0.0387. The van der Waals surface area contributed by atoms with Gasteiger partial charge < -0.3 is 20.1 Å². The number of hydrogen-bond acceptors (Lipinski definition) is 4. The first kappa shape index (κ1) is 16.4.